The molecule has 1 atom stereocenters. The molecule has 0 spiro atoms. The summed E-state index contributed by atoms with van der Waals surface area (Å²) in [4.78, 5) is 8.40. The molecular formula is C13H16ClN3O. The van der Waals surface area contributed by atoms with Crippen LogP contribution in [-0.4, -0.2) is 29.2 Å². The number of nitrogens with one attached hydrogen (secondary N) is 1. The maximum atomic E-state index is 5.91. The minimum Gasteiger partial charge on any atom is -0.377 e. The van der Waals surface area contributed by atoms with Gasteiger partial charge in [-0.2, -0.15) is 0 Å². The van der Waals surface area contributed by atoms with Gasteiger partial charge in [-0.25, -0.2) is 9.97 Å². The molecule has 4 nitrogen and oxygen atoms in total. The number of halogens is 1. The monoisotopic (exact) mass is 265 g/mol. The Bertz CT molecular complexity index is 533. The maximum Gasteiger partial charge on any atom is 0.224 e. The zero-order valence-electron chi connectivity index (χ0n) is 10.5. The molecule has 0 aliphatic heterocycles. The lowest BCUT2D eigenvalue weighted by molar-refractivity contribution is 0.0855. The molecule has 1 unspecified atom stereocenters. The summed E-state index contributed by atoms with van der Waals surface area (Å²) in [6.45, 7) is 5.38. The Labute approximate surface area is 111 Å². The van der Waals surface area contributed by atoms with E-state index in [0.717, 1.165) is 16.7 Å². The Morgan fingerprint density at radius 1 is 1.33 bits per heavy atom. The molecule has 0 saturated carbocycles. The smallest absolute Gasteiger partial charge is 0.224 e. The number of para-hydroxylation sites is 1. The standard InChI is InChI=1S/C13H16ClN3O/c1-3-18-9(2)8-15-12-10-6-4-5-7-11(10)16-13(14)17-12/h4-7,9H,3,8H2,1-2H3,(H,15,16,17). The average Bonchev–Trinajstić information content (AvgIpc) is 2.36. The van der Waals surface area contributed by atoms with Crippen LogP contribution in [0.3, 0.4) is 0 Å². The van der Waals surface area contributed by atoms with Crippen molar-refractivity contribution in [3.63, 3.8) is 0 Å². The molecule has 96 valence electrons. The third-order valence-electron chi connectivity index (χ3n) is 2.58. The topological polar surface area (TPSA) is 47.0 Å². The van der Waals surface area contributed by atoms with Gasteiger partial charge in [-0.1, -0.05) is 12.1 Å². The molecule has 0 bridgehead atoms. The van der Waals surface area contributed by atoms with Gasteiger partial charge in [0, 0.05) is 18.5 Å². The van der Waals surface area contributed by atoms with Crippen molar-refractivity contribution < 1.29 is 4.74 Å². The van der Waals surface area contributed by atoms with Gasteiger partial charge in [0.25, 0.3) is 0 Å². The van der Waals surface area contributed by atoms with E-state index < -0.39 is 0 Å². The van der Waals surface area contributed by atoms with Gasteiger partial charge < -0.3 is 10.1 Å². The minimum atomic E-state index is 0.127. The van der Waals surface area contributed by atoms with Gasteiger partial charge in [-0.05, 0) is 37.6 Å². The van der Waals surface area contributed by atoms with Crippen molar-refractivity contribution >= 4 is 28.3 Å². The molecule has 2 aromatic rings. The molecule has 0 aliphatic carbocycles. The lowest BCUT2D eigenvalue weighted by Gasteiger charge is -2.14. The molecule has 0 fully saturated rings. The number of benzene rings is 1. The highest BCUT2D eigenvalue weighted by Gasteiger charge is 2.07. The molecule has 2 rings (SSSR count). The largest absolute Gasteiger partial charge is 0.377 e. The molecule has 0 radical (unpaired) electrons. The van der Waals surface area contributed by atoms with Gasteiger partial charge in [0.05, 0.1) is 11.6 Å². The zero-order chi connectivity index (χ0) is 13.0. The van der Waals surface area contributed by atoms with E-state index in [9.17, 15) is 0 Å². The first kappa shape index (κ1) is 13.1. The summed E-state index contributed by atoms with van der Waals surface area (Å²) in [7, 11) is 0. The minimum absolute atomic E-state index is 0.127. The summed E-state index contributed by atoms with van der Waals surface area (Å²) in [6, 6.07) is 7.77. The summed E-state index contributed by atoms with van der Waals surface area (Å²) in [5.41, 5.74) is 0.837. The van der Waals surface area contributed by atoms with Crippen LogP contribution in [0.5, 0.6) is 0 Å². The van der Waals surface area contributed by atoms with Gasteiger partial charge >= 0.3 is 0 Å². The van der Waals surface area contributed by atoms with Crippen LogP contribution >= 0.6 is 11.6 Å². The number of hydrogen-bond donors (Lipinski definition) is 1. The molecule has 1 heterocycles. The first-order valence-electron chi connectivity index (χ1n) is 5.98. The van der Waals surface area contributed by atoms with Crippen molar-refractivity contribution in [2.45, 2.75) is 20.0 Å². The van der Waals surface area contributed by atoms with Crippen molar-refractivity contribution in [2.75, 3.05) is 18.5 Å². The third kappa shape index (κ3) is 3.09. The van der Waals surface area contributed by atoms with E-state index in [1.807, 2.05) is 38.1 Å². The number of aromatic nitrogens is 2. The number of ether oxygens (including phenoxy) is 1. The van der Waals surface area contributed by atoms with Crippen LogP contribution in [0, 0.1) is 0 Å². The number of hydrogen-bond acceptors (Lipinski definition) is 4. The highest BCUT2D eigenvalue weighted by atomic mass is 35.5. The number of nitrogens with zero attached hydrogens (tertiary/aromatic N) is 2. The Kier molecular flexibility index (Phi) is 4.33. The summed E-state index contributed by atoms with van der Waals surface area (Å²) >= 11 is 5.91. The summed E-state index contributed by atoms with van der Waals surface area (Å²) in [5.74, 6) is 0.747. The Hall–Kier alpha value is -1.39. The Balaban J connectivity index is 2.21. The van der Waals surface area contributed by atoms with E-state index in [4.69, 9.17) is 16.3 Å². The van der Waals surface area contributed by atoms with Crippen LogP contribution < -0.4 is 5.32 Å². The van der Waals surface area contributed by atoms with Crippen LogP contribution in [0.15, 0.2) is 24.3 Å². The maximum absolute atomic E-state index is 5.91. The molecule has 0 saturated heterocycles. The molecule has 0 aliphatic rings. The molecule has 18 heavy (non-hydrogen) atoms. The Morgan fingerprint density at radius 3 is 2.89 bits per heavy atom. The highest BCUT2D eigenvalue weighted by molar-refractivity contribution is 6.28. The van der Waals surface area contributed by atoms with E-state index in [2.05, 4.69) is 15.3 Å². The molecule has 1 aromatic heterocycles. The molecular weight excluding hydrogens is 250 g/mol. The Morgan fingerprint density at radius 2 is 2.11 bits per heavy atom. The highest BCUT2D eigenvalue weighted by Crippen LogP contribution is 2.21. The lowest BCUT2D eigenvalue weighted by Crippen LogP contribution is -2.20. The average molecular weight is 266 g/mol. The zero-order valence-corrected chi connectivity index (χ0v) is 11.2. The molecule has 0 amide bonds. The number of rotatable bonds is 5. The quantitative estimate of drug-likeness (QED) is 0.844. The predicted molar refractivity (Wildman–Crippen MR) is 74.1 cm³/mol. The van der Waals surface area contributed by atoms with Crippen LogP contribution in [0.4, 0.5) is 5.82 Å². The van der Waals surface area contributed by atoms with E-state index >= 15 is 0 Å². The molecule has 5 heteroatoms. The van der Waals surface area contributed by atoms with Gasteiger partial charge in [0.15, 0.2) is 0 Å². The first-order chi connectivity index (χ1) is 8.70. The fourth-order valence-electron chi connectivity index (χ4n) is 1.77. The molecule has 1 aromatic carbocycles. The first-order valence-corrected chi connectivity index (χ1v) is 6.36. The predicted octanol–water partition coefficient (Wildman–Crippen LogP) is 3.12. The lowest BCUT2D eigenvalue weighted by atomic mass is 10.2. The summed E-state index contributed by atoms with van der Waals surface area (Å²) in [6.07, 6.45) is 0.127. The van der Waals surface area contributed by atoms with Crippen LogP contribution in [0.1, 0.15) is 13.8 Å². The van der Waals surface area contributed by atoms with E-state index in [1.165, 1.54) is 0 Å². The van der Waals surface area contributed by atoms with E-state index in [0.29, 0.717) is 13.2 Å². The van der Waals surface area contributed by atoms with Crippen LogP contribution in [-0.2, 0) is 4.74 Å². The fraction of sp³-hybridized carbons (Fsp3) is 0.385. The van der Waals surface area contributed by atoms with E-state index in [1.54, 1.807) is 0 Å². The summed E-state index contributed by atoms with van der Waals surface area (Å²) < 4.78 is 5.47. The normalized spacial score (nSPS) is 12.6. The van der Waals surface area contributed by atoms with Crippen molar-refractivity contribution in [3.8, 4) is 0 Å². The SMILES string of the molecule is CCOC(C)CNc1nc(Cl)nc2ccccc12. The number of anilines is 1. The van der Waals surface area contributed by atoms with E-state index in [-0.39, 0.29) is 11.4 Å². The fourth-order valence-corrected chi connectivity index (χ4v) is 1.94. The van der Waals surface area contributed by atoms with Gasteiger partial charge in [0.1, 0.15) is 5.82 Å². The summed E-state index contributed by atoms with van der Waals surface area (Å²) in [5, 5.41) is 4.47. The second-order valence-electron chi connectivity index (χ2n) is 4.01. The van der Waals surface area contributed by atoms with Gasteiger partial charge in [0.2, 0.25) is 5.28 Å². The van der Waals surface area contributed by atoms with Gasteiger partial charge in [-0.15, -0.1) is 0 Å². The third-order valence-corrected chi connectivity index (χ3v) is 2.75. The molecule has 1 N–H and O–H groups in total. The van der Waals surface area contributed by atoms with Crippen molar-refractivity contribution in [1.82, 2.24) is 9.97 Å². The second-order valence-corrected chi connectivity index (χ2v) is 4.34. The van der Waals surface area contributed by atoms with Crippen LogP contribution in [0.25, 0.3) is 10.9 Å². The van der Waals surface area contributed by atoms with Crippen molar-refractivity contribution in [1.29, 1.82) is 0 Å². The van der Waals surface area contributed by atoms with Crippen molar-refractivity contribution in [2.24, 2.45) is 0 Å². The van der Waals surface area contributed by atoms with Crippen molar-refractivity contribution in [3.05, 3.63) is 29.5 Å². The van der Waals surface area contributed by atoms with Gasteiger partial charge in [-0.3, -0.25) is 0 Å². The second kappa shape index (κ2) is 5.98. The number of fused-ring (bicyclic) bond motifs is 1. The van der Waals surface area contributed by atoms with Crippen LogP contribution in [0.2, 0.25) is 5.28 Å².